The summed E-state index contributed by atoms with van der Waals surface area (Å²) in [6, 6.07) is 1.46. The van der Waals surface area contributed by atoms with E-state index in [2.05, 4.69) is 10.3 Å². The van der Waals surface area contributed by atoms with Crippen LogP contribution in [0.1, 0.15) is 24.2 Å². The molecule has 1 unspecified atom stereocenters. The van der Waals surface area contributed by atoms with Gasteiger partial charge in [-0.3, -0.25) is 9.78 Å². The van der Waals surface area contributed by atoms with Gasteiger partial charge in [0.05, 0.1) is 17.1 Å². The van der Waals surface area contributed by atoms with E-state index in [9.17, 15) is 9.90 Å². The predicted octanol–water partition coefficient (Wildman–Crippen LogP) is 1.78. The minimum absolute atomic E-state index is 0.118. The van der Waals surface area contributed by atoms with Crippen LogP contribution >= 0.6 is 11.6 Å². The lowest BCUT2D eigenvalue weighted by atomic mass is 10.1. The van der Waals surface area contributed by atoms with Gasteiger partial charge in [0.1, 0.15) is 5.75 Å². The number of nitrogens with zero attached hydrogens (tertiary/aromatic N) is 1. The van der Waals surface area contributed by atoms with Crippen LogP contribution in [0.5, 0.6) is 5.75 Å². The van der Waals surface area contributed by atoms with Crippen molar-refractivity contribution in [1.29, 1.82) is 0 Å². The van der Waals surface area contributed by atoms with Gasteiger partial charge in [-0.1, -0.05) is 13.8 Å². The van der Waals surface area contributed by atoms with E-state index in [0.717, 1.165) is 0 Å². The average Bonchev–Trinajstić information content (AvgIpc) is 2.25. The second kappa shape index (κ2) is 5.70. The Bertz CT molecular complexity index is 369. The van der Waals surface area contributed by atoms with Crippen LogP contribution in [0.2, 0.25) is 0 Å². The molecule has 88 valence electrons. The van der Waals surface area contributed by atoms with Gasteiger partial charge in [-0.2, -0.15) is 0 Å². The first kappa shape index (κ1) is 12.8. The molecular formula is C11H15ClN2O2. The summed E-state index contributed by atoms with van der Waals surface area (Å²) in [5, 5.41) is 11.9. The molecule has 2 N–H and O–H groups in total. The van der Waals surface area contributed by atoms with E-state index < -0.39 is 0 Å². The van der Waals surface area contributed by atoms with Crippen molar-refractivity contribution >= 4 is 17.5 Å². The summed E-state index contributed by atoms with van der Waals surface area (Å²) in [5.74, 6) is -0.185. The maximum absolute atomic E-state index is 11.6. The predicted molar refractivity (Wildman–Crippen MR) is 62.7 cm³/mol. The van der Waals surface area contributed by atoms with E-state index in [1.807, 2.05) is 13.8 Å². The number of aromatic nitrogens is 1. The fourth-order valence-electron chi connectivity index (χ4n) is 1.10. The van der Waals surface area contributed by atoms with Gasteiger partial charge < -0.3 is 10.4 Å². The van der Waals surface area contributed by atoms with E-state index in [1.54, 1.807) is 0 Å². The molecule has 1 aromatic rings. The summed E-state index contributed by atoms with van der Waals surface area (Å²) in [6.07, 6.45) is 2.69. The summed E-state index contributed by atoms with van der Waals surface area (Å²) < 4.78 is 0. The quantitative estimate of drug-likeness (QED) is 0.792. The minimum Gasteiger partial charge on any atom is -0.505 e. The first-order chi connectivity index (χ1) is 7.52. The third-order valence-corrected chi connectivity index (χ3v) is 2.88. The summed E-state index contributed by atoms with van der Waals surface area (Å²) in [6.45, 7) is 4.33. The number of nitrogens with one attached hydrogen (secondary N) is 1. The fraction of sp³-hybridized carbons (Fsp3) is 0.455. The second-order valence-corrected chi connectivity index (χ2v) is 4.42. The Morgan fingerprint density at radius 2 is 2.31 bits per heavy atom. The molecule has 0 aliphatic heterocycles. The van der Waals surface area contributed by atoms with Crippen molar-refractivity contribution in [2.24, 2.45) is 5.92 Å². The molecule has 16 heavy (non-hydrogen) atoms. The molecular weight excluding hydrogens is 228 g/mol. The molecule has 0 aliphatic carbocycles. The molecule has 0 fully saturated rings. The van der Waals surface area contributed by atoms with E-state index >= 15 is 0 Å². The van der Waals surface area contributed by atoms with Crippen LogP contribution in [0.4, 0.5) is 0 Å². The number of aromatic hydroxyl groups is 1. The van der Waals surface area contributed by atoms with Gasteiger partial charge in [0, 0.05) is 12.7 Å². The van der Waals surface area contributed by atoms with Gasteiger partial charge in [-0.25, -0.2) is 0 Å². The van der Waals surface area contributed by atoms with Crippen molar-refractivity contribution in [3.63, 3.8) is 0 Å². The zero-order chi connectivity index (χ0) is 12.1. The molecule has 1 amide bonds. The lowest BCUT2D eigenvalue weighted by Crippen LogP contribution is -2.32. The first-order valence-corrected chi connectivity index (χ1v) is 5.51. The third kappa shape index (κ3) is 3.38. The number of hydrogen-bond acceptors (Lipinski definition) is 3. The summed E-state index contributed by atoms with van der Waals surface area (Å²) >= 11 is 6.00. The summed E-state index contributed by atoms with van der Waals surface area (Å²) in [5.41, 5.74) is 0.211. The number of halogens is 1. The average molecular weight is 243 g/mol. The Morgan fingerprint density at radius 3 is 2.88 bits per heavy atom. The molecule has 0 spiro atoms. The normalized spacial score (nSPS) is 12.5. The van der Waals surface area contributed by atoms with Crippen LogP contribution in [-0.2, 0) is 0 Å². The maximum atomic E-state index is 11.6. The second-order valence-electron chi connectivity index (χ2n) is 3.86. The Morgan fingerprint density at radius 1 is 1.62 bits per heavy atom. The minimum atomic E-state index is -0.341. The van der Waals surface area contributed by atoms with Crippen molar-refractivity contribution in [2.75, 3.05) is 6.54 Å². The zero-order valence-corrected chi connectivity index (χ0v) is 10.0. The van der Waals surface area contributed by atoms with Crippen LogP contribution in [0, 0.1) is 5.92 Å². The molecule has 1 atom stereocenters. The van der Waals surface area contributed by atoms with Gasteiger partial charge in [0.25, 0.3) is 5.91 Å². The van der Waals surface area contributed by atoms with Gasteiger partial charge in [0.15, 0.2) is 0 Å². The van der Waals surface area contributed by atoms with Crippen LogP contribution in [0.25, 0.3) is 0 Å². The largest absolute Gasteiger partial charge is 0.505 e. The molecule has 4 nitrogen and oxygen atoms in total. The molecule has 0 saturated heterocycles. The molecule has 5 heteroatoms. The SMILES string of the molecule is CC(C)C(Cl)CNC(=O)c1ccncc1O. The Labute approximate surface area is 99.6 Å². The molecule has 1 heterocycles. The highest BCUT2D eigenvalue weighted by Gasteiger charge is 2.14. The smallest absolute Gasteiger partial charge is 0.255 e. The maximum Gasteiger partial charge on any atom is 0.255 e. The molecule has 1 rings (SSSR count). The van der Waals surface area contributed by atoms with E-state index in [1.165, 1.54) is 18.5 Å². The highest BCUT2D eigenvalue weighted by Crippen LogP contribution is 2.14. The van der Waals surface area contributed by atoms with Crippen LogP contribution in [0.15, 0.2) is 18.5 Å². The monoisotopic (exact) mass is 242 g/mol. The number of amides is 1. The fourth-order valence-corrected chi connectivity index (χ4v) is 1.18. The lowest BCUT2D eigenvalue weighted by Gasteiger charge is -2.14. The molecule has 0 aromatic carbocycles. The molecule has 0 radical (unpaired) electrons. The molecule has 0 aliphatic rings. The number of rotatable bonds is 4. The number of alkyl halides is 1. The first-order valence-electron chi connectivity index (χ1n) is 5.07. The standard InChI is InChI=1S/C11H15ClN2O2/c1-7(2)9(12)5-14-11(16)8-3-4-13-6-10(8)15/h3-4,6-7,9,15H,5H2,1-2H3,(H,14,16). The number of carbonyl (C=O) groups excluding carboxylic acids is 1. The Balaban J connectivity index is 2.57. The Kier molecular flexibility index (Phi) is 4.55. The van der Waals surface area contributed by atoms with E-state index in [0.29, 0.717) is 6.54 Å². The number of hydrogen-bond donors (Lipinski definition) is 2. The van der Waals surface area contributed by atoms with Crippen molar-refractivity contribution in [2.45, 2.75) is 19.2 Å². The highest BCUT2D eigenvalue weighted by molar-refractivity contribution is 6.21. The molecule has 0 saturated carbocycles. The number of carbonyl (C=O) groups is 1. The van der Waals surface area contributed by atoms with E-state index in [-0.39, 0.29) is 28.5 Å². The topological polar surface area (TPSA) is 62.2 Å². The lowest BCUT2D eigenvalue weighted by molar-refractivity contribution is 0.0949. The van der Waals surface area contributed by atoms with Crippen molar-refractivity contribution < 1.29 is 9.90 Å². The van der Waals surface area contributed by atoms with Crippen LogP contribution in [0.3, 0.4) is 0 Å². The summed E-state index contributed by atoms with van der Waals surface area (Å²) in [4.78, 5) is 15.3. The van der Waals surface area contributed by atoms with Crippen molar-refractivity contribution in [1.82, 2.24) is 10.3 Å². The third-order valence-electron chi connectivity index (χ3n) is 2.23. The Hall–Kier alpha value is -1.29. The van der Waals surface area contributed by atoms with E-state index in [4.69, 9.17) is 11.6 Å². The van der Waals surface area contributed by atoms with Gasteiger partial charge in [-0.05, 0) is 12.0 Å². The van der Waals surface area contributed by atoms with Crippen molar-refractivity contribution in [3.05, 3.63) is 24.0 Å². The molecule has 1 aromatic heterocycles. The highest BCUT2D eigenvalue weighted by atomic mass is 35.5. The van der Waals surface area contributed by atoms with Gasteiger partial charge >= 0.3 is 0 Å². The number of pyridine rings is 1. The summed E-state index contributed by atoms with van der Waals surface area (Å²) in [7, 11) is 0. The zero-order valence-electron chi connectivity index (χ0n) is 9.27. The van der Waals surface area contributed by atoms with Crippen molar-refractivity contribution in [3.8, 4) is 5.75 Å². The molecule has 0 bridgehead atoms. The van der Waals surface area contributed by atoms with Crippen LogP contribution < -0.4 is 5.32 Å². The van der Waals surface area contributed by atoms with Crippen LogP contribution in [-0.4, -0.2) is 27.9 Å². The van der Waals surface area contributed by atoms with Gasteiger partial charge in [-0.15, -0.1) is 11.6 Å². The van der Waals surface area contributed by atoms with Gasteiger partial charge in [0.2, 0.25) is 0 Å².